The molecule has 2 aromatic rings. The van der Waals surface area contributed by atoms with E-state index in [2.05, 4.69) is 15.6 Å². The normalized spacial score (nSPS) is 11.5. The van der Waals surface area contributed by atoms with Crippen molar-refractivity contribution in [3.8, 4) is 0 Å². The van der Waals surface area contributed by atoms with Crippen molar-refractivity contribution in [2.45, 2.75) is 6.92 Å². The molecular weight excluding hydrogens is 277 g/mol. The fourth-order valence-corrected chi connectivity index (χ4v) is 1.79. The van der Waals surface area contributed by atoms with E-state index in [1.165, 1.54) is 29.1 Å². The molecule has 2 rings (SSSR count). The minimum absolute atomic E-state index is 0.173. The van der Waals surface area contributed by atoms with Crippen LogP contribution in [-0.4, -0.2) is 26.7 Å². The molecule has 0 bridgehead atoms. The van der Waals surface area contributed by atoms with Crippen LogP contribution in [0.2, 0.25) is 0 Å². The van der Waals surface area contributed by atoms with Crippen LogP contribution in [-0.2, 0) is 7.05 Å². The van der Waals surface area contributed by atoms with E-state index in [9.17, 15) is 9.18 Å². The number of hydrogen-bond donors (Lipinski definition) is 3. The molecule has 0 unspecified atom stereocenters. The van der Waals surface area contributed by atoms with Gasteiger partial charge in [0.15, 0.2) is 5.84 Å². The van der Waals surface area contributed by atoms with Crippen molar-refractivity contribution >= 4 is 17.6 Å². The van der Waals surface area contributed by atoms with E-state index in [1.54, 1.807) is 14.0 Å². The second-order valence-electron chi connectivity index (χ2n) is 4.43. The van der Waals surface area contributed by atoms with Crippen LogP contribution >= 0.6 is 0 Å². The topological polar surface area (TPSA) is 106 Å². The number of rotatable bonds is 3. The van der Waals surface area contributed by atoms with Crippen LogP contribution in [0.3, 0.4) is 0 Å². The monoisotopic (exact) mass is 291 g/mol. The van der Waals surface area contributed by atoms with Crippen molar-refractivity contribution in [3.63, 3.8) is 0 Å². The number of halogens is 1. The molecule has 0 aliphatic rings. The number of benzene rings is 1. The molecule has 110 valence electrons. The minimum atomic E-state index is -0.450. The van der Waals surface area contributed by atoms with Crippen molar-refractivity contribution in [1.29, 1.82) is 0 Å². The molecular formula is C13H14FN5O2. The van der Waals surface area contributed by atoms with Gasteiger partial charge in [-0.2, -0.15) is 5.10 Å². The van der Waals surface area contributed by atoms with E-state index in [0.717, 1.165) is 0 Å². The lowest BCUT2D eigenvalue weighted by Crippen LogP contribution is -2.20. The highest BCUT2D eigenvalue weighted by atomic mass is 19.1. The Hall–Kier alpha value is -2.90. The van der Waals surface area contributed by atoms with E-state index in [4.69, 9.17) is 10.9 Å². The number of nitrogens with zero attached hydrogens (tertiary/aromatic N) is 3. The zero-order valence-electron chi connectivity index (χ0n) is 11.5. The third-order valence-electron chi connectivity index (χ3n) is 2.97. The largest absolute Gasteiger partial charge is 0.409 e. The SMILES string of the molecule is Cc1cc(C(=O)Nc2c(C(N)=NO)cnn2C)ccc1F. The van der Waals surface area contributed by atoms with Gasteiger partial charge in [0, 0.05) is 12.6 Å². The summed E-state index contributed by atoms with van der Waals surface area (Å²) in [5.74, 6) is -0.732. The average Bonchev–Trinajstić information content (AvgIpc) is 2.82. The van der Waals surface area contributed by atoms with Crippen LogP contribution in [0.5, 0.6) is 0 Å². The van der Waals surface area contributed by atoms with E-state index >= 15 is 0 Å². The first-order valence-electron chi connectivity index (χ1n) is 6.01. The van der Waals surface area contributed by atoms with Gasteiger partial charge in [-0.25, -0.2) is 4.39 Å². The van der Waals surface area contributed by atoms with E-state index in [0.29, 0.717) is 11.1 Å². The lowest BCUT2D eigenvalue weighted by molar-refractivity contribution is 0.102. The Morgan fingerprint density at radius 1 is 1.52 bits per heavy atom. The fourth-order valence-electron chi connectivity index (χ4n) is 1.79. The van der Waals surface area contributed by atoms with Gasteiger partial charge in [-0.05, 0) is 30.7 Å². The molecule has 8 heteroatoms. The zero-order valence-corrected chi connectivity index (χ0v) is 11.5. The maximum atomic E-state index is 13.2. The Balaban J connectivity index is 2.31. The minimum Gasteiger partial charge on any atom is -0.409 e. The molecule has 0 aliphatic heterocycles. The van der Waals surface area contributed by atoms with Crippen LogP contribution in [0.25, 0.3) is 0 Å². The highest BCUT2D eigenvalue weighted by Crippen LogP contribution is 2.16. The first-order chi connectivity index (χ1) is 9.93. The van der Waals surface area contributed by atoms with Gasteiger partial charge in [0.1, 0.15) is 11.6 Å². The molecule has 21 heavy (non-hydrogen) atoms. The summed E-state index contributed by atoms with van der Waals surface area (Å²) in [4.78, 5) is 12.2. The Bertz CT molecular complexity index is 723. The van der Waals surface area contributed by atoms with Crippen LogP contribution in [0.15, 0.2) is 29.6 Å². The standard InChI is InChI=1S/C13H14FN5O2/c1-7-5-8(3-4-10(7)14)13(20)17-12-9(11(15)18-21)6-16-19(12)2/h3-6,21H,1-2H3,(H2,15,18)(H,17,20). The molecule has 4 N–H and O–H groups in total. The van der Waals surface area contributed by atoms with Crippen molar-refractivity contribution in [2.24, 2.45) is 17.9 Å². The van der Waals surface area contributed by atoms with Crippen LogP contribution in [0.1, 0.15) is 21.5 Å². The van der Waals surface area contributed by atoms with Gasteiger partial charge in [0.2, 0.25) is 0 Å². The summed E-state index contributed by atoms with van der Waals surface area (Å²) >= 11 is 0. The molecule has 7 nitrogen and oxygen atoms in total. The van der Waals surface area contributed by atoms with Gasteiger partial charge < -0.3 is 16.3 Å². The smallest absolute Gasteiger partial charge is 0.256 e. The number of aromatic nitrogens is 2. The molecule has 0 fully saturated rings. The first kappa shape index (κ1) is 14.5. The van der Waals surface area contributed by atoms with Crippen LogP contribution in [0, 0.1) is 12.7 Å². The number of amides is 1. The summed E-state index contributed by atoms with van der Waals surface area (Å²) in [5, 5.41) is 18.1. The number of hydrogen-bond acceptors (Lipinski definition) is 4. The molecule has 0 aliphatic carbocycles. The van der Waals surface area contributed by atoms with Crippen LogP contribution < -0.4 is 11.1 Å². The van der Waals surface area contributed by atoms with Gasteiger partial charge in [0.25, 0.3) is 5.91 Å². The van der Waals surface area contributed by atoms with Crippen molar-refractivity contribution in [2.75, 3.05) is 5.32 Å². The predicted molar refractivity (Wildman–Crippen MR) is 74.8 cm³/mol. The number of anilines is 1. The summed E-state index contributed by atoms with van der Waals surface area (Å²) in [6, 6.07) is 4.03. The van der Waals surface area contributed by atoms with Gasteiger partial charge in [-0.3, -0.25) is 9.48 Å². The summed E-state index contributed by atoms with van der Waals surface area (Å²) in [6.07, 6.45) is 1.36. The summed E-state index contributed by atoms with van der Waals surface area (Å²) in [6.45, 7) is 1.57. The summed E-state index contributed by atoms with van der Waals surface area (Å²) in [5.41, 5.74) is 6.45. The number of nitrogens with one attached hydrogen (secondary N) is 1. The number of nitrogens with two attached hydrogens (primary N) is 1. The van der Waals surface area contributed by atoms with E-state index < -0.39 is 5.91 Å². The van der Waals surface area contributed by atoms with Gasteiger partial charge >= 0.3 is 0 Å². The molecule has 0 saturated heterocycles. The first-order valence-corrected chi connectivity index (χ1v) is 6.01. The summed E-state index contributed by atoms with van der Waals surface area (Å²) in [7, 11) is 1.60. The maximum Gasteiger partial charge on any atom is 0.256 e. The molecule has 1 aromatic carbocycles. The molecule has 1 amide bonds. The molecule has 0 spiro atoms. The predicted octanol–water partition coefficient (Wildman–Crippen LogP) is 1.21. The average molecular weight is 291 g/mol. The van der Waals surface area contributed by atoms with Gasteiger partial charge in [-0.15, -0.1) is 0 Å². The Morgan fingerprint density at radius 2 is 2.24 bits per heavy atom. The van der Waals surface area contributed by atoms with Crippen LogP contribution in [0.4, 0.5) is 10.2 Å². The summed E-state index contributed by atoms with van der Waals surface area (Å²) < 4.78 is 14.6. The highest BCUT2D eigenvalue weighted by Gasteiger charge is 2.16. The number of carbonyl (C=O) groups is 1. The number of amidine groups is 1. The Morgan fingerprint density at radius 3 is 2.86 bits per heavy atom. The van der Waals surface area contributed by atoms with Crippen molar-refractivity contribution in [3.05, 3.63) is 46.9 Å². The second kappa shape index (κ2) is 5.61. The third kappa shape index (κ3) is 2.83. The number of carbonyl (C=O) groups excluding carboxylic acids is 1. The third-order valence-corrected chi connectivity index (χ3v) is 2.97. The number of aryl methyl sites for hydroxylation is 2. The Kier molecular flexibility index (Phi) is 3.88. The lowest BCUT2D eigenvalue weighted by atomic mass is 10.1. The maximum absolute atomic E-state index is 13.2. The molecule has 0 atom stereocenters. The van der Waals surface area contributed by atoms with Crippen molar-refractivity contribution in [1.82, 2.24) is 9.78 Å². The van der Waals surface area contributed by atoms with Gasteiger partial charge in [0.05, 0.1) is 11.8 Å². The van der Waals surface area contributed by atoms with E-state index in [1.807, 2.05) is 0 Å². The number of oxime groups is 1. The highest BCUT2D eigenvalue weighted by molar-refractivity contribution is 6.09. The second-order valence-corrected chi connectivity index (χ2v) is 4.43. The quantitative estimate of drug-likeness (QED) is 0.342. The van der Waals surface area contributed by atoms with Gasteiger partial charge in [-0.1, -0.05) is 5.16 Å². The molecule has 0 radical (unpaired) electrons. The zero-order chi connectivity index (χ0) is 15.6. The molecule has 1 heterocycles. The molecule has 0 saturated carbocycles. The lowest BCUT2D eigenvalue weighted by Gasteiger charge is -2.08. The fraction of sp³-hybridized carbons (Fsp3) is 0.154. The van der Waals surface area contributed by atoms with Crippen molar-refractivity contribution < 1.29 is 14.4 Å². The molecule has 1 aromatic heterocycles. The Labute approximate surface area is 119 Å². The van der Waals surface area contributed by atoms with E-state index in [-0.39, 0.29) is 23.0 Å².